The van der Waals surface area contributed by atoms with Crippen LogP contribution in [0.15, 0.2) is 66.7 Å². The van der Waals surface area contributed by atoms with Crippen LogP contribution in [0.5, 0.6) is 0 Å². The molecule has 0 saturated carbocycles. The van der Waals surface area contributed by atoms with Crippen LogP contribution in [0.2, 0.25) is 0 Å². The first-order valence-electron chi connectivity index (χ1n) is 9.53. The topological polar surface area (TPSA) is 38.0 Å². The third-order valence-electron chi connectivity index (χ3n) is 4.94. The number of hydrogen-bond acceptors (Lipinski definition) is 1. The summed E-state index contributed by atoms with van der Waals surface area (Å²) in [5.41, 5.74) is 2.15. The van der Waals surface area contributed by atoms with Gasteiger partial charge >= 0.3 is 0 Å². The number of carbonyl (C=O) groups excluding carboxylic acids is 1. The lowest BCUT2D eigenvalue weighted by Gasteiger charge is -2.29. The summed E-state index contributed by atoms with van der Waals surface area (Å²) < 4.78 is 0. The third-order valence-corrected chi connectivity index (χ3v) is 4.94. The van der Waals surface area contributed by atoms with Crippen LogP contribution in [0, 0.1) is 0 Å². The molecule has 4 nitrogen and oxygen atoms in total. The van der Waals surface area contributed by atoms with Crippen molar-refractivity contribution >= 4 is 17.7 Å². The van der Waals surface area contributed by atoms with Gasteiger partial charge in [0, 0.05) is 5.69 Å². The van der Waals surface area contributed by atoms with Gasteiger partial charge in [-0.1, -0.05) is 54.6 Å². The van der Waals surface area contributed by atoms with Gasteiger partial charge in [-0.15, -0.1) is 0 Å². The monoisotopic (exact) mass is 351 g/mol. The predicted molar refractivity (Wildman–Crippen MR) is 106 cm³/mol. The number of benzene rings is 2. The summed E-state index contributed by atoms with van der Waals surface area (Å²) in [7, 11) is 0. The first kappa shape index (κ1) is 18.4. The van der Waals surface area contributed by atoms with Gasteiger partial charge in [0.25, 0.3) is 0 Å². The Balaban J connectivity index is 1.32. The molecule has 3 N–H and O–H groups in total. The van der Waals surface area contributed by atoms with Gasteiger partial charge in [-0.3, -0.25) is 4.79 Å². The molecule has 1 fully saturated rings. The van der Waals surface area contributed by atoms with Crippen molar-refractivity contribution in [2.45, 2.75) is 6.42 Å². The summed E-state index contributed by atoms with van der Waals surface area (Å²) in [4.78, 5) is 15.2. The molecule has 4 heteroatoms. The van der Waals surface area contributed by atoms with E-state index >= 15 is 0 Å². The SMILES string of the molecule is O=C(CC[NH+]1CC[NH+](C/C=C/c2ccccc2)CC1)Nc1ccccc1. The van der Waals surface area contributed by atoms with Gasteiger partial charge in [0.05, 0.1) is 19.5 Å². The summed E-state index contributed by atoms with van der Waals surface area (Å²) in [6, 6.07) is 20.1. The standard InChI is InChI=1S/C22H27N3O/c26-22(23-21-11-5-2-6-12-21)13-15-25-18-16-24(17-19-25)14-7-10-20-8-3-1-4-9-20/h1-12H,13-19H2,(H,23,26)/p+2/b10-7+. The second kappa shape index (κ2) is 9.90. The number of anilines is 1. The number of para-hydroxylation sites is 1. The van der Waals surface area contributed by atoms with E-state index in [1.165, 1.54) is 18.7 Å². The Hall–Kier alpha value is -2.43. The van der Waals surface area contributed by atoms with Crippen LogP contribution in [0.1, 0.15) is 12.0 Å². The van der Waals surface area contributed by atoms with Crippen molar-refractivity contribution in [3.63, 3.8) is 0 Å². The fraction of sp³-hybridized carbons (Fsp3) is 0.318. The van der Waals surface area contributed by atoms with Crippen LogP contribution in [-0.4, -0.2) is 45.2 Å². The maximum absolute atomic E-state index is 12.1. The van der Waals surface area contributed by atoms with E-state index in [2.05, 4.69) is 41.7 Å². The molecule has 0 unspecified atom stereocenters. The zero-order valence-electron chi connectivity index (χ0n) is 15.3. The van der Waals surface area contributed by atoms with Gasteiger partial charge in [0.2, 0.25) is 5.91 Å². The minimum absolute atomic E-state index is 0.115. The van der Waals surface area contributed by atoms with Gasteiger partial charge in [0.15, 0.2) is 0 Å². The molecule has 1 saturated heterocycles. The Kier molecular flexibility index (Phi) is 6.99. The highest BCUT2D eigenvalue weighted by molar-refractivity contribution is 5.90. The first-order valence-corrected chi connectivity index (χ1v) is 9.53. The van der Waals surface area contributed by atoms with Crippen LogP contribution >= 0.6 is 0 Å². The first-order chi connectivity index (χ1) is 12.8. The maximum Gasteiger partial charge on any atom is 0.230 e. The summed E-state index contributed by atoms with van der Waals surface area (Å²) in [6.07, 6.45) is 5.08. The van der Waals surface area contributed by atoms with Crippen molar-refractivity contribution in [1.29, 1.82) is 0 Å². The molecule has 0 bridgehead atoms. The molecule has 26 heavy (non-hydrogen) atoms. The van der Waals surface area contributed by atoms with Crippen LogP contribution in [0.25, 0.3) is 6.08 Å². The Morgan fingerprint density at radius 1 is 0.885 bits per heavy atom. The van der Waals surface area contributed by atoms with E-state index in [1.54, 1.807) is 9.80 Å². The lowest BCUT2D eigenvalue weighted by molar-refractivity contribution is -1.01. The Morgan fingerprint density at radius 2 is 1.50 bits per heavy atom. The molecule has 1 aliphatic heterocycles. The Labute approximate surface area is 156 Å². The van der Waals surface area contributed by atoms with Crippen molar-refractivity contribution in [1.82, 2.24) is 0 Å². The van der Waals surface area contributed by atoms with Crippen molar-refractivity contribution < 1.29 is 14.6 Å². The largest absolute Gasteiger partial charge is 0.326 e. The Morgan fingerprint density at radius 3 is 2.19 bits per heavy atom. The molecule has 2 aromatic carbocycles. The average molecular weight is 351 g/mol. The van der Waals surface area contributed by atoms with E-state index in [0.717, 1.165) is 31.9 Å². The normalized spacial score (nSPS) is 20.2. The highest BCUT2D eigenvalue weighted by Gasteiger charge is 2.22. The number of amides is 1. The highest BCUT2D eigenvalue weighted by atomic mass is 16.1. The predicted octanol–water partition coefficient (Wildman–Crippen LogP) is 0.512. The smallest absolute Gasteiger partial charge is 0.230 e. The molecule has 136 valence electrons. The minimum atomic E-state index is 0.115. The molecule has 3 rings (SSSR count). The quantitative estimate of drug-likeness (QED) is 0.668. The lowest BCUT2D eigenvalue weighted by atomic mass is 10.2. The van der Waals surface area contributed by atoms with Crippen molar-refractivity contribution in [2.75, 3.05) is 44.6 Å². The summed E-state index contributed by atoms with van der Waals surface area (Å²) >= 11 is 0. The van der Waals surface area contributed by atoms with Crippen molar-refractivity contribution in [3.05, 3.63) is 72.3 Å². The van der Waals surface area contributed by atoms with E-state index in [0.29, 0.717) is 6.42 Å². The number of quaternary nitrogens is 2. The molecular weight excluding hydrogens is 322 g/mol. The zero-order valence-corrected chi connectivity index (χ0v) is 15.3. The number of piperazine rings is 1. The van der Waals surface area contributed by atoms with Gasteiger partial charge in [-0.05, 0) is 23.8 Å². The Bertz CT molecular complexity index is 692. The second-order valence-corrected chi connectivity index (χ2v) is 6.93. The molecule has 2 aromatic rings. The number of hydrogen-bond donors (Lipinski definition) is 3. The maximum atomic E-state index is 12.1. The van der Waals surface area contributed by atoms with Crippen molar-refractivity contribution in [3.8, 4) is 0 Å². The fourth-order valence-electron chi connectivity index (χ4n) is 3.37. The molecule has 1 amide bonds. The molecule has 1 aliphatic rings. The van der Waals surface area contributed by atoms with Crippen molar-refractivity contribution in [2.24, 2.45) is 0 Å². The van der Waals surface area contributed by atoms with Gasteiger partial charge in [-0.25, -0.2) is 0 Å². The van der Waals surface area contributed by atoms with E-state index in [9.17, 15) is 4.79 Å². The number of nitrogens with one attached hydrogen (secondary N) is 3. The molecule has 1 heterocycles. The zero-order chi connectivity index (χ0) is 18.0. The summed E-state index contributed by atoms with van der Waals surface area (Å²) in [5, 5.41) is 2.97. The van der Waals surface area contributed by atoms with E-state index in [-0.39, 0.29) is 5.91 Å². The minimum Gasteiger partial charge on any atom is -0.326 e. The average Bonchev–Trinajstić information content (AvgIpc) is 2.69. The molecule has 0 aliphatic carbocycles. The number of rotatable bonds is 7. The van der Waals surface area contributed by atoms with E-state index in [4.69, 9.17) is 0 Å². The molecule has 0 radical (unpaired) electrons. The lowest BCUT2D eigenvalue weighted by Crippen LogP contribution is -3.28. The van der Waals surface area contributed by atoms with E-state index in [1.807, 2.05) is 36.4 Å². The van der Waals surface area contributed by atoms with Crippen LogP contribution in [0.4, 0.5) is 5.69 Å². The van der Waals surface area contributed by atoms with Gasteiger partial charge in [-0.2, -0.15) is 0 Å². The van der Waals surface area contributed by atoms with Gasteiger partial charge in [0.1, 0.15) is 26.2 Å². The molecule has 0 aromatic heterocycles. The van der Waals surface area contributed by atoms with Crippen LogP contribution < -0.4 is 15.1 Å². The molecule has 0 atom stereocenters. The highest BCUT2D eigenvalue weighted by Crippen LogP contribution is 2.04. The van der Waals surface area contributed by atoms with E-state index < -0.39 is 0 Å². The van der Waals surface area contributed by atoms with Gasteiger partial charge < -0.3 is 15.1 Å². The van der Waals surface area contributed by atoms with Crippen LogP contribution in [-0.2, 0) is 4.79 Å². The molecular formula is C22H29N3O+2. The second-order valence-electron chi connectivity index (χ2n) is 6.93. The number of carbonyl (C=O) groups is 1. The molecule has 0 spiro atoms. The summed E-state index contributed by atoms with van der Waals surface area (Å²) in [5.74, 6) is 0.115. The van der Waals surface area contributed by atoms with Crippen LogP contribution in [0.3, 0.4) is 0 Å². The summed E-state index contributed by atoms with van der Waals surface area (Å²) in [6.45, 7) is 6.65. The third kappa shape index (κ3) is 6.14. The fourth-order valence-corrected chi connectivity index (χ4v) is 3.37.